The minimum Gasteiger partial charge on any atom is -0.455 e. The molecule has 0 radical (unpaired) electrons. The lowest BCUT2D eigenvalue weighted by Crippen LogP contribution is -2.08. The Morgan fingerprint density at radius 1 is 1.17 bits per heavy atom. The van der Waals surface area contributed by atoms with E-state index in [1.54, 1.807) is 6.07 Å². The van der Waals surface area contributed by atoms with Gasteiger partial charge in [-0.2, -0.15) is 0 Å². The Kier molecular flexibility index (Phi) is 4.57. The molecule has 122 valence electrons. The molecule has 0 unspecified atom stereocenters. The van der Waals surface area contributed by atoms with Crippen molar-refractivity contribution in [3.05, 3.63) is 76.4 Å². The third-order valence-corrected chi connectivity index (χ3v) is 3.52. The second-order valence-corrected chi connectivity index (χ2v) is 5.27. The van der Waals surface area contributed by atoms with Crippen LogP contribution >= 0.6 is 11.6 Å². The highest BCUT2D eigenvalue weighted by atomic mass is 35.5. The maximum atomic E-state index is 13.6. The van der Waals surface area contributed by atoms with E-state index in [2.05, 4.69) is 5.16 Å². The Labute approximate surface area is 140 Å². The Balaban J connectivity index is 1.69. The zero-order valence-corrected chi connectivity index (χ0v) is 12.9. The van der Waals surface area contributed by atoms with Crippen molar-refractivity contribution in [2.45, 2.75) is 6.61 Å². The first kappa shape index (κ1) is 16.1. The molecule has 0 atom stereocenters. The van der Waals surface area contributed by atoms with Gasteiger partial charge in [-0.1, -0.05) is 22.8 Å². The summed E-state index contributed by atoms with van der Waals surface area (Å²) in [7, 11) is 0. The van der Waals surface area contributed by atoms with Crippen molar-refractivity contribution >= 4 is 17.6 Å². The van der Waals surface area contributed by atoms with Gasteiger partial charge in [-0.3, -0.25) is 0 Å². The topological polar surface area (TPSA) is 52.3 Å². The molecule has 3 rings (SSSR count). The second-order valence-electron chi connectivity index (χ2n) is 4.86. The van der Waals surface area contributed by atoms with E-state index in [9.17, 15) is 13.6 Å². The lowest BCUT2D eigenvalue weighted by Gasteiger charge is -2.05. The van der Waals surface area contributed by atoms with E-state index in [0.29, 0.717) is 17.0 Å². The quantitative estimate of drug-likeness (QED) is 0.644. The third-order valence-electron chi connectivity index (χ3n) is 3.21. The predicted molar refractivity (Wildman–Crippen MR) is 82.4 cm³/mol. The summed E-state index contributed by atoms with van der Waals surface area (Å²) in [5, 5.41) is 3.72. The number of carbonyl (C=O) groups is 1. The number of rotatable bonds is 4. The zero-order chi connectivity index (χ0) is 17.1. The smallest absolute Gasteiger partial charge is 0.343 e. The van der Waals surface area contributed by atoms with Gasteiger partial charge in [0.1, 0.15) is 29.5 Å². The van der Waals surface area contributed by atoms with E-state index in [1.807, 2.05) is 0 Å². The van der Waals surface area contributed by atoms with Crippen LogP contribution in [0.1, 0.15) is 16.1 Å². The van der Waals surface area contributed by atoms with Gasteiger partial charge in [0.15, 0.2) is 5.76 Å². The summed E-state index contributed by atoms with van der Waals surface area (Å²) in [6.45, 7) is -0.214. The molecule has 0 saturated heterocycles. The van der Waals surface area contributed by atoms with Crippen LogP contribution in [0.4, 0.5) is 8.78 Å². The number of hydrogen-bond acceptors (Lipinski definition) is 4. The lowest BCUT2D eigenvalue weighted by atomic mass is 10.1. The number of benzene rings is 2. The number of carbonyl (C=O) groups excluding carboxylic acids is 1. The maximum Gasteiger partial charge on any atom is 0.343 e. The molecule has 0 aliphatic carbocycles. The number of esters is 1. The highest BCUT2D eigenvalue weighted by molar-refractivity contribution is 6.33. The van der Waals surface area contributed by atoms with Gasteiger partial charge in [0.25, 0.3) is 0 Å². The Hall–Kier alpha value is -2.73. The largest absolute Gasteiger partial charge is 0.455 e. The van der Waals surface area contributed by atoms with Gasteiger partial charge >= 0.3 is 5.97 Å². The third kappa shape index (κ3) is 3.44. The average molecular weight is 350 g/mol. The number of nitrogens with zero attached hydrogens (tertiary/aromatic N) is 1. The minimum atomic E-state index is -0.899. The van der Waals surface area contributed by atoms with E-state index >= 15 is 0 Å². The predicted octanol–water partition coefficient (Wildman–Crippen LogP) is 4.63. The summed E-state index contributed by atoms with van der Waals surface area (Å²) in [5.41, 5.74) is 0.621. The molecule has 0 fully saturated rings. The maximum absolute atomic E-state index is 13.6. The fraction of sp³-hybridized carbons (Fsp3) is 0.0588. The fourth-order valence-electron chi connectivity index (χ4n) is 2.03. The summed E-state index contributed by atoms with van der Waals surface area (Å²) in [6.07, 6.45) is 0. The van der Waals surface area contributed by atoms with Crippen LogP contribution in [0.15, 0.2) is 53.1 Å². The van der Waals surface area contributed by atoms with E-state index in [4.69, 9.17) is 20.9 Å². The molecule has 0 saturated carbocycles. The van der Waals surface area contributed by atoms with Crippen LogP contribution in [-0.4, -0.2) is 11.1 Å². The first-order valence-electron chi connectivity index (χ1n) is 6.87. The van der Waals surface area contributed by atoms with Gasteiger partial charge in [0.2, 0.25) is 0 Å². The van der Waals surface area contributed by atoms with Gasteiger partial charge in [-0.15, -0.1) is 0 Å². The summed E-state index contributed by atoms with van der Waals surface area (Å²) in [5.74, 6) is -1.64. The number of ether oxygens (including phenoxy) is 1. The van der Waals surface area contributed by atoms with Gasteiger partial charge < -0.3 is 9.26 Å². The highest BCUT2D eigenvalue weighted by Gasteiger charge is 2.18. The Bertz CT molecular complexity index is 858. The molecule has 7 heteroatoms. The normalized spacial score (nSPS) is 10.6. The van der Waals surface area contributed by atoms with Crippen LogP contribution < -0.4 is 0 Å². The van der Waals surface area contributed by atoms with Crippen molar-refractivity contribution in [2.24, 2.45) is 0 Å². The van der Waals surface area contributed by atoms with Gasteiger partial charge in [-0.05, 0) is 36.4 Å². The summed E-state index contributed by atoms with van der Waals surface area (Å²) >= 11 is 5.80. The SMILES string of the molecule is O=C(OCc1cc(-c2ccc(F)cc2)on1)c1c(F)cccc1Cl. The number of halogens is 3. The molecule has 0 bridgehead atoms. The monoisotopic (exact) mass is 349 g/mol. The van der Waals surface area contributed by atoms with Crippen LogP contribution in [0.5, 0.6) is 0 Å². The molecule has 3 aromatic rings. The van der Waals surface area contributed by atoms with Crippen molar-refractivity contribution in [1.29, 1.82) is 0 Å². The molecule has 0 amide bonds. The molecule has 1 heterocycles. The standard InChI is InChI=1S/C17H10ClF2NO3/c18-13-2-1-3-14(20)16(13)17(22)23-9-12-8-15(24-21-12)10-4-6-11(19)7-5-10/h1-8H,9H2. The molecule has 0 aliphatic heterocycles. The number of hydrogen-bond donors (Lipinski definition) is 0. The van der Waals surface area contributed by atoms with Crippen molar-refractivity contribution in [1.82, 2.24) is 5.16 Å². The first-order valence-corrected chi connectivity index (χ1v) is 7.25. The van der Waals surface area contributed by atoms with Gasteiger partial charge in [0, 0.05) is 11.6 Å². The average Bonchev–Trinajstić information content (AvgIpc) is 3.02. The van der Waals surface area contributed by atoms with Gasteiger partial charge in [-0.25, -0.2) is 13.6 Å². The van der Waals surface area contributed by atoms with Crippen LogP contribution in [0.3, 0.4) is 0 Å². The van der Waals surface area contributed by atoms with E-state index in [1.165, 1.54) is 36.4 Å². The van der Waals surface area contributed by atoms with Crippen molar-refractivity contribution in [3.8, 4) is 11.3 Å². The fourth-order valence-corrected chi connectivity index (χ4v) is 2.27. The molecule has 24 heavy (non-hydrogen) atoms. The zero-order valence-electron chi connectivity index (χ0n) is 12.1. The minimum absolute atomic E-state index is 0.0350. The van der Waals surface area contributed by atoms with Crippen LogP contribution in [0, 0.1) is 11.6 Å². The van der Waals surface area contributed by atoms with Crippen LogP contribution in [-0.2, 0) is 11.3 Å². The Morgan fingerprint density at radius 3 is 2.62 bits per heavy atom. The van der Waals surface area contributed by atoms with E-state index in [-0.39, 0.29) is 23.0 Å². The molecule has 0 aliphatic rings. The van der Waals surface area contributed by atoms with E-state index in [0.717, 1.165) is 6.07 Å². The first-order chi connectivity index (χ1) is 11.5. The lowest BCUT2D eigenvalue weighted by molar-refractivity contribution is 0.0459. The molecule has 0 spiro atoms. The van der Waals surface area contributed by atoms with Crippen molar-refractivity contribution < 1.29 is 22.8 Å². The van der Waals surface area contributed by atoms with Crippen LogP contribution in [0.2, 0.25) is 5.02 Å². The highest BCUT2D eigenvalue weighted by Crippen LogP contribution is 2.22. The molecular formula is C17H10ClF2NO3. The van der Waals surface area contributed by atoms with Gasteiger partial charge in [0.05, 0.1) is 5.02 Å². The Morgan fingerprint density at radius 2 is 1.92 bits per heavy atom. The van der Waals surface area contributed by atoms with Crippen molar-refractivity contribution in [2.75, 3.05) is 0 Å². The number of aromatic nitrogens is 1. The summed E-state index contributed by atoms with van der Waals surface area (Å²) in [6, 6.07) is 11.1. The molecule has 4 nitrogen and oxygen atoms in total. The van der Waals surface area contributed by atoms with E-state index < -0.39 is 11.8 Å². The summed E-state index contributed by atoms with van der Waals surface area (Å²) in [4.78, 5) is 11.9. The summed E-state index contributed by atoms with van der Waals surface area (Å²) < 4.78 is 36.6. The van der Waals surface area contributed by atoms with Crippen LogP contribution in [0.25, 0.3) is 11.3 Å². The van der Waals surface area contributed by atoms with Crippen molar-refractivity contribution in [3.63, 3.8) is 0 Å². The molecule has 0 N–H and O–H groups in total. The molecule has 1 aromatic heterocycles. The second kappa shape index (κ2) is 6.80. The molecular weight excluding hydrogens is 340 g/mol. The molecule has 2 aromatic carbocycles.